The molecule has 0 aliphatic carbocycles. The molecule has 152 valence electrons. The fourth-order valence-electron chi connectivity index (χ4n) is 3.04. The minimum atomic E-state index is -0.815. The summed E-state index contributed by atoms with van der Waals surface area (Å²) in [5.41, 5.74) is 0.712. The highest BCUT2D eigenvalue weighted by Gasteiger charge is 2.43. The number of benzene rings is 1. The third-order valence-electron chi connectivity index (χ3n) is 4.35. The van der Waals surface area contributed by atoms with Gasteiger partial charge in [0.25, 0.3) is 5.91 Å². The van der Waals surface area contributed by atoms with Crippen LogP contribution in [0, 0.1) is 0 Å². The number of amides is 2. The van der Waals surface area contributed by atoms with Gasteiger partial charge < -0.3 is 19.4 Å². The van der Waals surface area contributed by atoms with E-state index in [4.69, 9.17) is 9.15 Å². The van der Waals surface area contributed by atoms with Crippen molar-refractivity contribution in [1.82, 2.24) is 4.90 Å². The second-order valence-electron chi connectivity index (χ2n) is 6.40. The Labute approximate surface area is 171 Å². The Morgan fingerprint density at radius 3 is 2.59 bits per heavy atom. The first-order chi connectivity index (χ1) is 13.9. The van der Waals surface area contributed by atoms with Crippen molar-refractivity contribution in [2.45, 2.75) is 25.3 Å². The average Bonchev–Trinajstić information content (AvgIpc) is 3.35. The first-order valence-corrected chi connectivity index (χ1v) is 9.93. The number of nitrogens with zero attached hydrogens (tertiary/aromatic N) is 1. The van der Waals surface area contributed by atoms with Crippen molar-refractivity contribution in [2.75, 3.05) is 17.7 Å². The smallest absolute Gasteiger partial charge is 0.330 e. The zero-order chi connectivity index (χ0) is 21.0. The van der Waals surface area contributed by atoms with E-state index in [1.807, 2.05) is 0 Å². The van der Waals surface area contributed by atoms with Gasteiger partial charge in [0.05, 0.1) is 12.0 Å². The normalized spacial score (nSPS) is 18.3. The van der Waals surface area contributed by atoms with Crippen LogP contribution in [-0.2, 0) is 19.1 Å². The van der Waals surface area contributed by atoms with Crippen LogP contribution in [0.5, 0.6) is 0 Å². The number of anilines is 1. The van der Waals surface area contributed by atoms with Gasteiger partial charge in [-0.05, 0) is 31.2 Å². The number of ether oxygens (including phenoxy) is 1. The summed E-state index contributed by atoms with van der Waals surface area (Å²) >= 11 is 1.39. The zero-order valence-electron chi connectivity index (χ0n) is 15.9. The van der Waals surface area contributed by atoms with Gasteiger partial charge in [-0.15, -0.1) is 11.8 Å². The van der Waals surface area contributed by atoms with Crippen LogP contribution in [-0.4, -0.2) is 46.9 Å². The van der Waals surface area contributed by atoms with Crippen LogP contribution >= 0.6 is 11.8 Å². The van der Waals surface area contributed by atoms with Gasteiger partial charge in [-0.1, -0.05) is 12.1 Å². The summed E-state index contributed by atoms with van der Waals surface area (Å²) in [5.74, 6) is -0.830. The van der Waals surface area contributed by atoms with Crippen LogP contribution in [0.1, 0.15) is 35.3 Å². The number of rotatable bonds is 6. The first kappa shape index (κ1) is 20.7. The van der Waals surface area contributed by atoms with E-state index in [2.05, 4.69) is 5.32 Å². The molecule has 9 heteroatoms. The van der Waals surface area contributed by atoms with Gasteiger partial charge in [-0.25, -0.2) is 4.79 Å². The van der Waals surface area contributed by atoms with Gasteiger partial charge in [0.1, 0.15) is 17.2 Å². The van der Waals surface area contributed by atoms with Crippen LogP contribution in [0.4, 0.5) is 5.69 Å². The van der Waals surface area contributed by atoms with Crippen LogP contribution in [0.15, 0.2) is 47.1 Å². The molecule has 2 atom stereocenters. The van der Waals surface area contributed by atoms with Crippen LogP contribution in [0.25, 0.3) is 0 Å². The average molecular weight is 416 g/mol. The van der Waals surface area contributed by atoms with E-state index in [9.17, 15) is 19.2 Å². The molecule has 1 aromatic heterocycles. The van der Waals surface area contributed by atoms with Crippen molar-refractivity contribution in [1.29, 1.82) is 0 Å². The number of carbonyl (C=O) groups is 4. The summed E-state index contributed by atoms with van der Waals surface area (Å²) in [6.45, 7) is 2.24. The summed E-state index contributed by atoms with van der Waals surface area (Å²) in [6.07, 6.45) is 1.50. The Kier molecular flexibility index (Phi) is 6.38. The number of ketones is 1. The van der Waals surface area contributed by atoms with Crippen molar-refractivity contribution < 1.29 is 28.3 Å². The zero-order valence-corrected chi connectivity index (χ0v) is 16.7. The van der Waals surface area contributed by atoms with Gasteiger partial charge >= 0.3 is 5.97 Å². The molecule has 1 saturated heterocycles. The van der Waals surface area contributed by atoms with Crippen molar-refractivity contribution >= 4 is 41.0 Å². The second kappa shape index (κ2) is 8.95. The largest absolute Gasteiger partial charge is 0.466 e. The Balaban J connectivity index is 1.61. The Morgan fingerprint density at radius 1 is 1.17 bits per heavy atom. The molecule has 0 unspecified atom stereocenters. The number of furan rings is 1. The number of nitrogens with one attached hydrogen (secondary N) is 1. The predicted octanol–water partition coefficient (Wildman–Crippen LogP) is 2.63. The predicted molar refractivity (Wildman–Crippen MR) is 106 cm³/mol. The lowest BCUT2D eigenvalue weighted by Gasteiger charge is -2.25. The van der Waals surface area contributed by atoms with E-state index in [0.29, 0.717) is 22.8 Å². The Hall–Kier alpha value is -3.07. The standard InChI is InChI=1S/C20H20N2O6S/c1-12(23)14-6-3-4-7-15(14)21-18(25)10-28-20(26)16-11-29-19(22(16)13(2)24)17-8-5-9-27-17/h3-9,16,19H,10-11H2,1-2H3,(H,21,25)/t16-,19-/m1/s1. The molecule has 2 aromatic rings. The van der Waals surface area contributed by atoms with Gasteiger partial charge in [0.2, 0.25) is 5.91 Å². The quantitative estimate of drug-likeness (QED) is 0.570. The van der Waals surface area contributed by atoms with E-state index < -0.39 is 29.9 Å². The Morgan fingerprint density at radius 2 is 1.93 bits per heavy atom. The van der Waals surface area contributed by atoms with Gasteiger partial charge in [-0.3, -0.25) is 14.4 Å². The minimum Gasteiger partial charge on any atom is -0.466 e. The SMILES string of the molecule is CC(=O)c1ccccc1NC(=O)COC(=O)[C@H]1CS[C@H](c2ccco2)N1C(C)=O. The van der Waals surface area contributed by atoms with Gasteiger partial charge in [0, 0.05) is 18.2 Å². The van der Waals surface area contributed by atoms with E-state index in [1.165, 1.54) is 36.8 Å². The lowest BCUT2D eigenvalue weighted by atomic mass is 10.1. The maximum atomic E-state index is 12.5. The maximum absolute atomic E-state index is 12.5. The molecule has 0 bridgehead atoms. The molecule has 8 nitrogen and oxygen atoms in total. The summed E-state index contributed by atoms with van der Waals surface area (Å²) in [5, 5.41) is 2.15. The molecule has 2 heterocycles. The lowest BCUT2D eigenvalue weighted by molar-refractivity contribution is -0.155. The van der Waals surface area contributed by atoms with Crippen LogP contribution < -0.4 is 5.32 Å². The molecular weight excluding hydrogens is 396 g/mol. The molecule has 0 saturated carbocycles. The molecule has 1 fully saturated rings. The molecule has 3 rings (SSSR count). The number of carbonyl (C=O) groups excluding carboxylic acids is 4. The summed E-state index contributed by atoms with van der Waals surface area (Å²) in [4.78, 5) is 49.8. The number of hydrogen-bond donors (Lipinski definition) is 1. The number of Topliss-reactive ketones (excluding diaryl/α,β-unsaturated/α-hetero) is 1. The third kappa shape index (κ3) is 4.68. The highest BCUT2D eigenvalue weighted by Crippen LogP contribution is 2.41. The van der Waals surface area contributed by atoms with Gasteiger partial charge in [-0.2, -0.15) is 0 Å². The fourth-order valence-corrected chi connectivity index (χ4v) is 4.46. The van der Waals surface area contributed by atoms with E-state index in [-0.39, 0.29) is 11.7 Å². The van der Waals surface area contributed by atoms with E-state index >= 15 is 0 Å². The minimum absolute atomic E-state index is 0.193. The van der Waals surface area contributed by atoms with Crippen molar-refractivity contribution in [3.8, 4) is 0 Å². The molecular formula is C20H20N2O6S. The molecule has 1 aromatic carbocycles. The van der Waals surface area contributed by atoms with Crippen molar-refractivity contribution in [3.05, 3.63) is 54.0 Å². The number of hydrogen-bond acceptors (Lipinski definition) is 7. The molecule has 0 spiro atoms. The van der Waals surface area contributed by atoms with Crippen molar-refractivity contribution in [3.63, 3.8) is 0 Å². The maximum Gasteiger partial charge on any atom is 0.330 e. The van der Waals surface area contributed by atoms with Crippen molar-refractivity contribution in [2.24, 2.45) is 0 Å². The highest BCUT2D eigenvalue weighted by molar-refractivity contribution is 7.99. The molecule has 2 amide bonds. The third-order valence-corrected chi connectivity index (χ3v) is 5.63. The fraction of sp³-hybridized carbons (Fsp3) is 0.300. The molecule has 1 aliphatic heterocycles. The van der Waals surface area contributed by atoms with Crippen LogP contribution in [0.3, 0.4) is 0 Å². The topological polar surface area (TPSA) is 106 Å². The molecule has 0 radical (unpaired) electrons. The van der Waals surface area contributed by atoms with E-state index in [1.54, 1.807) is 36.4 Å². The summed E-state index contributed by atoms with van der Waals surface area (Å²) in [6, 6.07) is 9.20. The summed E-state index contributed by atoms with van der Waals surface area (Å²) in [7, 11) is 0. The van der Waals surface area contributed by atoms with E-state index in [0.717, 1.165) is 0 Å². The molecule has 29 heavy (non-hydrogen) atoms. The number of para-hydroxylation sites is 1. The lowest BCUT2D eigenvalue weighted by Crippen LogP contribution is -2.43. The highest BCUT2D eigenvalue weighted by atomic mass is 32.2. The second-order valence-corrected chi connectivity index (χ2v) is 7.51. The first-order valence-electron chi connectivity index (χ1n) is 8.89. The van der Waals surface area contributed by atoms with Crippen LogP contribution in [0.2, 0.25) is 0 Å². The number of esters is 1. The molecule has 1 N–H and O–H groups in total. The Bertz CT molecular complexity index is 927. The molecule has 1 aliphatic rings. The number of thioether (sulfide) groups is 1. The summed E-state index contributed by atoms with van der Waals surface area (Å²) < 4.78 is 10.5. The van der Waals surface area contributed by atoms with Gasteiger partial charge in [0.15, 0.2) is 12.4 Å². The monoisotopic (exact) mass is 416 g/mol.